The molecule has 1 heterocycles. The Hall–Kier alpha value is -2.57. The molecule has 4 amide bonds. The van der Waals surface area contributed by atoms with E-state index in [1.165, 1.54) is 10.5 Å². The van der Waals surface area contributed by atoms with Gasteiger partial charge in [-0.05, 0) is 62.3 Å². The first kappa shape index (κ1) is 22.1. The summed E-state index contributed by atoms with van der Waals surface area (Å²) in [5.74, 6) is 0.770. The Labute approximate surface area is 178 Å². The molecule has 2 fully saturated rings. The minimum absolute atomic E-state index is 0.117. The number of imide groups is 1. The fraction of sp³-hybridized carbons (Fsp3) is 0.609. The quantitative estimate of drug-likeness (QED) is 0.504. The first-order valence-electron chi connectivity index (χ1n) is 10.9. The summed E-state index contributed by atoms with van der Waals surface area (Å²) in [7, 11) is 0. The summed E-state index contributed by atoms with van der Waals surface area (Å²) in [4.78, 5) is 38.4. The van der Waals surface area contributed by atoms with Crippen LogP contribution in [0.1, 0.15) is 69.9 Å². The molecule has 0 aromatic heterocycles. The number of benzene rings is 1. The molecule has 1 unspecified atom stereocenters. The van der Waals surface area contributed by atoms with Gasteiger partial charge in [-0.3, -0.25) is 14.5 Å². The highest BCUT2D eigenvalue weighted by Crippen LogP contribution is 2.35. The second kappa shape index (κ2) is 9.06. The van der Waals surface area contributed by atoms with E-state index in [0.29, 0.717) is 31.2 Å². The van der Waals surface area contributed by atoms with E-state index in [9.17, 15) is 14.4 Å². The average Bonchev–Trinajstić information content (AvgIpc) is 3.24. The molecule has 1 aromatic rings. The van der Waals surface area contributed by atoms with Crippen LogP contribution >= 0.6 is 0 Å². The molecule has 1 aliphatic heterocycles. The van der Waals surface area contributed by atoms with Crippen molar-refractivity contribution in [2.24, 2.45) is 0 Å². The van der Waals surface area contributed by atoms with Gasteiger partial charge in [0.15, 0.2) is 6.10 Å². The number of nitrogens with zero attached hydrogens (tertiary/aromatic N) is 1. The first-order valence-corrected chi connectivity index (χ1v) is 10.9. The summed E-state index contributed by atoms with van der Waals surface area (Å²) in [6, 6.07) is 5.57. The van der Waals surface area contributed by atoms with Gasteiger partial charge in [-0.25, -0.2) is 4.79 Å². The molecule has 2 N–H and O–H groups in total. The van der Waals surface area contributed by atoms with E-state index < -0.39 is 11.6 Å². The van der Waals surface area contributed by atoms with E-state index >= 15 is 0 Å². The summed E-state index contributed by atoms with van der Waals surface area (Å²) < 4.78 is 5.78. The van der Waals surface area contributed by atoms with Gasteiger partial charge in [-0.1, -0.05) is 32.8 Å². The predicted molar refractivity (Wildman–Crippen MR) is 114 cm³/mol. The van der Waals surface area contributed by atoms with Gasteiger partial charge in [-0.15, -0.1) is 0 Å². The number of nitrogens with one attached hydrogen (secondary N) is 2. The lowest BCUT2D eigenvalue weighted by molar-refractivity contribution is -0.131. The van der Waals surface area contributed by atoms with Gasteiger partial charge in [0, 0.05) is 13.1 Å². The third-order valence-electron chi connectivity index (χ3n) is 6.11. The first-order chi connectivity index (χ1) is 14.2. The zero-order valence-electron chi connectivity index (χ0n) is 18.4. The smallest absolute Gasteiger partial charge is 0.325 e. The highest BCUT2D eigenvalue weighted by Gasteiger charge is 2.51. The van der Waals surface area contributed by atoms with Gasteiger partial charge in [0.1, 0.15) is 11.3 Å². The van der Waals surface area contributed by atoms with Crippen LogP contribution in [0.4, 0.5) is 4.79 Å². The molecule has 1 saturated carbocycles. The second-order valence-corrected chi connectivity index (χ2v) is 8.75. The van der Waals surface area contributed by atoms with Crippen molar-refractivity contribution in [3.8, 4) is 5.75 Å². The summed E-state index contributed by atoms with van der Waals surface area (Å²) >= 11 is 0. The van der Waals surface area contributed by atoms with Gasteiger partial charge in [0.25, 0.3) is 11.8 Å². The molecule has 1 aliphatic carbocycles. The van der Waals surface area contributed by atoms with E-state index in [-0.39, 0.29) is 17.8 Å². The van der Waals surface area contributed by atoms with Crippen molar-refractivity contribution >= 4 is 17.8 Å². The van der Waals surface area contributed by atoms with E-state index in [1.54, 1.807) is 6.92 Å². The topological polar surface area (TPSA) is 87.7 Å². The Bertz CT molecular complexity index is 815. The monoisotopic (exact) mass is 415 g/mol. The molecular weight excluding hydrogens is 382 g/mol. The van der Waals surface area contributed by atoms with Crippen molar-refractivity contribution in [1.29, 1.82) is 0 Å². The molecule has 0 radical (unpaired) electrons. The molecule has 3 rings (SSSR count). The third kappa shape index (κ3) is 4.60. The Morgan fingerprint density at radius 2 is 1.93 bits per heavy atom. The van der Waals surface area contributed by atoms with Crippen LogP contribution in [-0.4, -0.2) is 47.5 Å². The number of aryl methyl sites for hydroxylation is 1. The van der Waals surface area contributed by atoms with Gasteiger partial charge < -0.3 is 15.4 Å². The van der Waals surface area contributed by atoms with Crippen molar-refractivity contribution in [3.63, 3.8) is 0 Å². The largest absolute Gasteiger partial charge is 0.481 e. The Morgan fingerprint density at radius 3 is 2.57 bits per heavy atom. The summed E-state index contributed by atoms with van der Waals surface area (Å²) in [6.07, 6.45) is 3.25. The summed E-state index contributed by atoms with van der Waals surface area (Å²) in [6.45, 7) is 8.72. The molecule has 30 heavy (non-hydrogen) atoms. The SMILES string of the molecule is Cc1cc(OC(C)C(=O)NCCCN2C(=O)NC3(CCCC3)C2=O)ccc1C(C)C. The Balaban J connectivity index is 1.43. The molecule has 7 heteroatoms. The minimum Gasteiger partial charge on any atom is -0.481 e. The number of ether oxygens (including phenoxy) is 1. The number of hydrogen-bond acceptors (Lipinski definition) is 4. The van der Waals surface area contributed by atoms with E-state index in [4.69, 9.17) is 4.74 Å². The van der Waals surface area contributed by atoms with Crippen molar-refractivity contribution in [2.45, 2.75) is 77.4 Å². The van der Waals surface area contributed by atoms with E-state index in [1.807, 2.05) is 25.1 Å². The van der Waals surface area contributed by atoms with E-state index in [2.05, 4.69) is 24.5 Å². The predicted octanol–water partition coefficient (Wildman–Crippen LogP) is 3.26. The molecule has 1 spiro atoms. The molecule has 2 aliphatic rings. The van der Waals surface area contributed by atoms with Crippen molar-refractivity contribution in [1.82, 2.24) is 15.5 Å². The van der Waals surface area contributed by atoms with Gasteiger partial charge in [0.05, 0.1) is 0 Å². The number of urea groups is 1. The van der Waals surface area contributed by atoms with Crippen LogP contribution in [0.2, 0.25) is 0 Å². The maximum absolute atomic E-state index is 12.6. The number of hydrogen-bond donors (Lipinski definition) is 2. The second-order valence-electron chi connectivity index (χ2n) is 8.75. The third-order valence-corrected chi connectivity index (χ3v) is 6.11. The van der Waals surface area contributed by atoms with Crippen LogP contribution in [0.15, 0.2) is 18.2 Å². The summed E-state index contributed by atoms with van der Waals surface area (Å²) in [5.41, 5.74) is 1.73. The van der Waals surface area contributed by atoms with Crippen LogP contribution in [0.3, 0.4) is 0 Å². The van der Waals surface area contributed by atoms with Crippen LogP contribution in [0, 0.1) is 6.92 Å². The maximum atomic E-state index is 12.6. The fourth-order valence-corrected chi connectivity index (χ4v) is 4.42. The average molecular weight is 416 g/mol. The Morgan fingerprint density at radius 1 is 1.23 bits per heavy atom. The Kier molecular flexibility index (Phi) is 6.68. The molecule has 7 nitrogen and oxygen atoms in total. The van der Waals surface area contributed by atoms with Crippen molar-refractivity contribution in [3.05, 3.63) is 29.3 Å². The molecule has 164 valence electrons. The lowest BCUT2D eigenvalue weighted by Crippen LogP contribution is -2.44. The van der Waals surface area contributed by atoms with Crippen LogP contribution in [0.25, 0.3) is 0 Å². The molecule has 1 saturated heterocycles. The number of amides is 4. The lowest BCUT2D eigenvalue weighted by atomic mass is 9.98. The van der Waals surface area contributed by atoms with Crippen LogP contribution < -0.4 is 15.4 Å². The zero-order valence-corrected chi connectivity index (χ0v) is 18.4. The summed E-state index contributed by atoms with van der Waals surface area (Å²) in [5, 5.41) is 5.70. The van der Waals surface area contributed by atoms with Gasteiger partial charge in [-0.2, -0.15) is 0 Å². The van der Waals surface area contributed by atoms with E-state index in [0.717, 1.165) is 31.2 Å². The van der Waals surface area contributed by atoms with Crippen molar-refractivity contribution < 1.29 is 19.1 Å². The molecule has 1 aromatic carbocycles. The molecule has 1 atom stereocenters. The number of rotatable bonds is 8. The normalized spacial score (nSPS) is 18.8. The molecular formula is C23H33N3O4. The zero-order chi connectivity index (χ0) is 21.9. The highest BCUT2D eigenvalue weighted by atomic mass is 16.5. The van der Waals surface area contributed by atoms with Gasteiger partial charge in [0.2, 0.25) is 0 Å². The van der Waals surface area contributed by atoms with Crippen LogP contribution in [0.5, 0.6) is 5.75 Å². The lowest BCUT2D eigenvalue weighted by Gasteiger charge is -2.20. The minimum atomic E-state index is -0.675. The number of carbonyl (C=O) groups excluding carboxylic acids is 3. The van der Waals surface area contributed by atoms with Crippen molar-refractivity contribution in [2.75, 3.05) is 13.1 Å². The molecule has 0 bridgehead atoms. The van der Waals surface area contributed by atoms with Gasteiger partial charge >= 0.3 is 6.03 Å². The fourth-order valence-electron chi connectivity index (χ4n) is 4.42. The standard InChI is InChI=1S/C23H33N3O4/c1-15(2)19-9-8-18(14-16(19)3)30-17(4)20(27)24-12-7-13-26-21(28)23(25-22(26)29)10-5-6-11-23/h8-9,14-15,17H,5-7,10-13H2,1-4H3,(H,24,27)(H,25,29). The van der Waals surface area contributed by atoms with Crippen LogP contribution in [-0.2, 0) is 9.59 Å². The highest BCUT2D eigenvalue weighted by molar-refractivity contribution is 6.07. The maximum Gasteiger partial charge on any atom is 0.325 e. The number of carbonyl (C=O) groups is 3.